The molecule has 0 saturated carbocycles. The number of aromatic nitrogens is 3. The zero-order valence-electron chi connectivity index (χ0n) is 9.36. The average Bonchev–Trinajstić information content (AvgIpc) is 2.82. The third kappa shape index (κ3) is 2.23. The van der Waals surface area contributed by atoms with Gasteiger partial charge in [-0.15, -0.1) is 5.10 Å². The monoisotopic (exact) mass is 261 g/mol. The number of ether oxygens (including phenoxy) is 1. The third-order valence-corrected chi connectivity index (χ3v) is 2.89. The van der Waals surface area contributed by atoms with E-state index in [0.717, 1.165) is 4.68 Å². The summed E-state index contributed by atoms with van der Waals surface area (Å²) in [6, 6.07) is -1.06. The maximum atomic E-state index is 9.89. The van der Waals surface area contributed by atoms with E-state index in [-0.39, 0.29) is 12.3 Å². The Hall–Kier alpha value is -1.10. The third-order valence-electron chi connectivity index (χ3n) is 2.89. The summed E-state index contributed by atoms with van der Waals surface area (Å²) < 4.78 is 6.08. The van der Waals surface area contributed by atoms with Crippen molar-refractivity contribution in [1.29, 1.82) is 0 Å². The summed E-state index contributed by atoms with van der Waals surface area (Å²) in [7, 11) is 0. The molecule has 1 aliphatic heterocycles. The molecule has 1 aromatic rings. The standard InChI is InChI=1S/C9H15N3O6/c13-2-4-1-12(11-10-4)6-8(16)7(15)5(3-14)18-9(6)17/h1,5-9,13-17H,2-3H2/t5-,6-,7-,8-,9?/m1/s1. The first-order valence-corrected chi connectivity index (χ1v) is 5.40. The van der Waals surface area contributed by atoms with Gasteiger partial charge < -0.3 is 30.3 Å². The predicted octanol–water partition coefficient (Wildman–Crippen LogP) is -3.26. The number of rotatable bonds is 3. The van der Waals surface area contributed by atoms with Gasteiger partial charge in [0.05, 0.1) is 19.4 Å². The van der Waals surface area contributed by atoms with E-state index >= 15 is 0 Å². The molecule has 1 aromatic heterocycles. The van der Waals surface area contributed by atoms with E-state index in [1.54, 1.807) is 0 Å². The van der Waals surface area contributed by atoms with Crippen LogP contribution in [0, 0.1) is 0 Å². The van der Waals surface area contributed by atoms with Crippen LogP contribution in [0.25, 0.3) is 0 Å². The molecule has 1 unspecified atom stereocenters. The number of hydrogen-bond donors (Lipinski definition) is 5. The molecule has 5 atom stereocenters. The summed E-state index contributed by atoms with van der Waals surface area (Å²) >= 11 is 0. The fourth-order valence-electron chi connectivity index (χ4n) is 1.90. The quantitative estimate of drug-likeness (QED) is 0.382. The molecule has 9 heteroatoms. The number of aliphatic hydroxyl groups is 5. The molecule has 2 rings (SSSR count). The van der Waals surface area contributed by atoms with Crippen molar-refractivity contribution in [2.24, 2.45) is 0 Å². The summed E-state index contributed by atoms with van der Waals surface area (Å²) in [4.78, 5) is 0. The van der Waals surface area contributed by atoms with Gasteiger partial charge in [0.25, 0.3) is 0 Å². The Morgan fingerprint density at radius 1 is 1.22 bits per heavy atom. The van der Waals surface area contributed by atoms with Gasteiger partial charge >= 0.3 is 0 Å². The normalized spacial score (nSPS) is 36.8. The minimum atomic E-state index is -1.45. The molecule has 0 aliphatic carbocycles. The molecule has 0 radical (unpaired) electrons. The zero-order chi connectivity index (χ0) is 13.3. The molecule has 0 spiro atoms. The lowest BCUT2D eigenvalue weighted by Gasteiger charge is -2.39. The minimum Gasteiger partial charge on any atom is -0.394 e. The van der Waals surface area contributed by atoms with Crippen molar-refractivity contribution in [2.45, 2.75) is 37.3 Å². The van der Waals surface area contributed by atoms with Crippen molar-refractivity contribution in [3.8, 4) is 0 Å². The average molecular weight is 261 g/mol. The molecule has 9 nitrogen and oxygen atoms in total. The van der Waals surface area contributed by atoms with Crippen molar-refractivity contribution in [2.75, 3.05) is 6.61 Å². The smallest absolute Gasteiger partial charge is 0.180 e. The molecule has 0 amide bonds. The van der Waals surface area contributed by atoms with E-state index in [2.05, 4.69) is 10.3 Å². The minimum absolute atomic E-state index is 0.258. The molecular weight excluding hydrogens is 246 g/mol. The van der Waals surface area contributed by atoms with E-state index in [1.807, 2.05) is 0 Å². The van der Waals surface area contributed by atoms with Crippen LogP contribution >= 0.6 is 0 Å². The van der Waals surface area contributed by atoms with E-state index in [9.17, 15) is 15.3 Å². The Bertz CT molecular complexity index is 399. The maximum Gasteiger partial charge on any atom is 0.180 e. The van der Waals surface area contributed by atoms with Gasteiger partial charge in [-0.3, -0.25) is 0 Å². The predicted molar refractivity (Wildman–Crippen MR) is 55.0 cm³/mol. The van der Waals surface area contributed by atoms with Gasteiger partial charge in [-0.05, 0) is 0 Å². The second-order valence-electron chi connectivity index (χ2n) is 4.07. The van der Waals surface area contributed by atoms with Gasteiger partial charge in [0.2, 0.25) is 0 Å². The van der Waals surface area contributed by atoms with Gasteiger partial charge in [0, 0.05) is 0 Å². The summed E-state index contributed by atoms with van der Waals surface area (Å²) in [6.07, 6.45) is -3.92. The molecule has 5 N–H and O–H groups in total. The Labute approximate surface area is 102 Å². The lowest BCUT2D eigenvalue weighted by Crippen LogP contribution is -2.56. The molecular formula is C9H15N3O6. The van der Waals surface area contributed by atoms with Crippen LogP contribution < -0.4 is 0 Å². The second-order valence-corrected chi connectivity index (χ2v) is 4.07. The molecule has 1 fully saturated rings. The van der Waals surface area contributed by atoms with Crippen molar-refractivity contribution < 1.29 is 30.3 Å². The zero-order valence-corrected chi connectivity index (χ0v) is 9.36. The first-order valence-electron chi connectivity index (χ1n) is 5.40. The van der Waals surface area contributed by atoms with Crippen LogP contribution in [0.2, 0.25) is 0 Å². The highest BCUT2D eigenvalue weighted by molar-refractivity contribution is 4.96. The van der Waals surface area contributed by atoms with Gasteiger partial charge in [0.15, 0.2) is 6.29 Å². The Kier molecular flexibility index (Phi) is 3.90. The van der Waals surface area contributed by atoms with Crippen LogP contribution in [0.3, 0.4) is 0 Å². The van der Waals surface area contributed by atoms with Crippen molar-refractivity contribution >= 4 is 0 Å². The van der Waals surface area contributed by atoms with Crippen LogP contribution in [-0.4, -0.2) is 71.7 Å². The highest BCUT2D eigenvalue weighted by Gasteiger charge is 2.45. The Morgan fingerprint density at radius 3 is 2.50 bits per heavy atom. The van der Waals surface area contributed by atoms with E-state index in [4.69, 9.17) is 14.9 Å². The Morgan fingerprint density at radius 2 is 1.94 bits per heavy atom. The second kappa shape index (κ2) is 5.26. The van der Waals surface area contributed by atoms with Crippen LogP contribution in [0.5, 0.6) is 0 Å². The van der Waals surface area contributed by atoms with Crippen molar-refractivity contribution in [3.63, 3.8) is 0 Å². The van der Waals surface area contributed by atoms with E-state index < -0.39 is 37.3 Å². The van der Waals surface area contributed by atoms with Gasteiger partial charge in [-0.2, -0.15) is 0 Å². The molecule has 0 bridgehead atoms. The molecule has 2 heterocycles. The number of hydrogen-bond acceptors (Lipinski definition) is 8. The summed E-state index contributed by atoms with van der Waals surface area (Å²) in [5.74, 6) is 0. The SMILES string of the molecule is OCc1cn([C@H]2C(O)O[C@H](CO)[C@@H](O)[C@@H]2O)nn1. The van der Waals surface area contributed by atoms with E-state index in [1.165, 1.54) is 6.20 Å². The first kappa shape index (κ1) is 13.3. The number of nitrogens with zero attached hydrogens (tertiary/aromatic N) is 3. The molecule has 18 heavy (non-hydrogen) atoms. The highest BCUT2D eigenvalue weighted by atomic mass is 16.6. The number of aliphatic hydroxyl groups excluding tert-OH is 5. The summed E-state index contributed by atoms with van der Waals surface area (Å²) in [5.41, 5.74) is 0.258. The highest BCUT2D eigenvalue weighted by Crippen LogP contribution is 2.28. The fourth-order valence-corrected chi connectivity index (χ4v) is 1.90. The molecule has 1 aliphatic rings. The van der Waals surface area contributed by atoms with Crippen LogP contribution in [0.4, 0.5) is 0 Å². The van der Waals surface area contributed by atoms with Crippen LogP contribution in [-0.2, 0) is 11.3 Å². The van der Waals surface area contributed by atoms with E-state index in [0.29, 0.717) is 0 Å². The lowest BCUT2D eigenvalue weighted by molar-refractivity contribution is -0.265. The first-order chi connectivity index (χ1) is 8.58. The molecule has 0 aromatic carbocycles. The van der Waals surface area contributed by atoms with Crippen LogP contribution in [0.1, 0.15) is 11.7 Å². The van der Waals surface area contributed by atoms with Gasteiger partial charge in [-0.25, -0.2) is 4.68 Å². The van der Waals surface area contributed by atoms with Crippen molar-refractivity contribution in [1.82, 2.24) is 15.0 Å². The topological polar surface area (TPSA) is 141 Å². The Balaban J connectivity index is 2.21. The molecule has 1 saturated heterocycles. The lowest BCUT2D eigenvalue weighted by atomic mass is 9.97. The summed E-state index contributed by atoms with van der Waals surface area (Å²) in [5, 5.41) is 54.3. The van der Waals surface area contributed by atoms with Crippen LogP contribution in [0.15, 0.2) is 6.20 Å². The van der Waals surface area contributed by atoms with Crippen molar-refractivity contribution in [3.05, 3.63) is 11.9 Å². The van der Waals surface area contributed by atoms with Gasteiger partial charge in [-0.1, -0.05) is 5.21 Å². The maximum absolute atomic E-state index is 9.89. The van der Waals surface area contributed by atoms with Gasteiger partial charge in [0.1, 0.15) is 30.0 Å². The fraction of sp³-hybridized carbons (Fsp3) is 0.778. The largest absolute Gasteiger partial charge is 0.394 e. The summed E-state index contributed by atoms with van der Waals surface area (Å²) in [6.45, 7) is -0.858. The molecule has 102 valence electrons.